The molecule has 0 spiro atoms. The minimum atomic E-state index is 0.535. The van der Waals surface area contributed by atoms with E-state index in [0.717, 1.165) is 18.7 Å². The minimum absolute atomic E-state index is 0.535. The lowest BCUT2D eigenvalue weighted by atomic mass is 10.1. The van der Waals surface area contributed by atoms with Gasteiger partial charge >= 0.3 is 0 Å². The van der Waals surface area contributed by atoms with Crippen molar-refractivity contribution in [2.75, 3.05) is 25.2 Å². The van der Waals surface area contributed by atoms with E-state index in [-0.39, 0.29) is 0 Å². The van der Waals surface area contributed by atoms with Crippen molar-refractivity contribution in [2.24, 2.45) is 0 Å². The molecular formula is C16H27NOS. The zero-order chi connectivity index (χ0) is 13.9. The molecule has 0 aromatic heterocycles. The van der Waals surface area contributed by atoms with Gasteiger partial charge in [-0.25, -0.2) is 0 Å². The Morgan fingerprint density at radius 3 is 2.68 bits per heavy atom. The van der Waals surface area contributed by atoms with Gasteiger partial charge in [-0.1, -0.05) is 32.0 Å². The quantitative estimate of drug-likeness (QED) is 0.660. The number of para-hydroxylation sites is 1. The Balaban J connectivity index is 2.58. The van der Waals surface area contributed by atoms with Gasteiger partial charge in [0.2, 0.25) is 0 Å². The highest BCUT2D eigenvalue weighted by atomic mass is 32.2. The van der Waals surface area contributed by atoms with Crippen LogP contribution in [0.15, 0.2) is 24.3 Å². The van der Waals surface area contributed by atoms with Crippen LogP contribution in [0, 0.1) is 0 Å². The summed E-state index contributed by atoms with van der Waals surface area (Å²) in [5.41, 5.74) is 1.30. The molecule has 0 heterocycles. The molecule has 1 unspecified atom stereocenters. The molecule has 1 atom stereocenters. The van der Waals surface area contributed by atoms with Crippen molar-refractivity contribution in [3.8, 4) is 5.75 Å². The van der Waals surface area contributed by atoms with Crippen LogP contribution >= 0.6 is 11.8 Å². The van der Waals surface area contributed by atoms with Gasteiger partial charge in [0.25, 0.3) is 0 Å². The number of nitrogens with one attached hydrogen (secondary N) is 1. The van der Waals surface area contributed by atoms with E-state index in [4.69, 9.17) is 4.74 Å². The van der Waals surface area contributed by atoms with Crippen molar-refractivity contribution in [1.29, 1.82) is 0 Å². The van der Waals surface area contributed by atoms with Gasteiger partial charge in [-0.15, -0.1) is 0 Å². The topological polar surface area (TPSA) is 21.3 Å². The van der Waals surface area contributed by atoms with Gasteiger partial charge < -0.3 is 10.1 Å². The molecule has 1 rings (SSSR count). The molecule has 3 heteroatoms. The fourth-order valence-electron chi connectivity index (χ4n) is 2.05. The van der Waals surface area contributed by atoms with Gasteiger partial charge in [0.1, 0.15) is 5.75 Å². The summed E-state index contributed by atoms with van der Waals surface area (Å²) in [6.07, 6.45) is 3.47. The van der Waals surface area contributed by atoms with E-state index >= 15 is 0 Å². The average Bonchev–Trinajstić information content (AvgIpc) is 2.45. The molecule has 0 fully saturated rings. The van der Waals surface area contributed by atoms with Crippen molar-refractivity contribution in [3.05, 3.63) is 29.8 Å². The van der Waals surface area contributed by atoms with Gasteiger partial charge in [-0.2, -0.15) is 11.8 Å². The third kappa shape index (κ3) is 6.35. The molecule has 2 nitrogen and oxygen atoms in total. The fourth-order valence-corrected chi connectivity index (χ4v) is 3.02. The maximum Gasteiger partial charge on any atom is 0.122 e. The number of ether oxygens (including phenoxy) is 1. The lowest BCUT2D eigenvalue weighted by Crippen LogP contribution is -2.34. The second-order valence-electron chi connectivity index (χ2n) is 4.74. The fraction of sp³-hybridized carbons (Fsp3) is 0.625. The summed E-state index contributed by atoms with van der Waals surface area (Å²) in [7, 11) is 1.75. The monoisotopic (exact) mass is 281 g/mol. The molecule has 19 heavy (non-hydrogen) atoms. The van der Waals surface area contributed by atoms with Gasteiger partial charge in [0, 0.05) is 11.8 Å². The number of hydrogen-bond donors (Lipinski definition) is 1. The smallest absolute Gasteiger partial charge is 0.122 e. The van der Waals surface area contributed by atoms with Crippen LogP contribution < -0.4 is 10.1 Å². The summed E-state index contributed by atoms with van der Waals surface area (Å²) in [6.45, 7) is 5.54. The zero-order valence-corrected chi connectivity index (χ0v) is 13.3. The van der Waals surface area contributed by atoms with E-state index in [2.05, 4.69) is 31.3 Å². The van der Waals surface area contributed by atoms with Crippen LogP contribution in [0.5, 0.6) is 5.75 Å². The predicted molar refractivity (Wildman–Crippen MR) is 86.4 cm³/mol. The Morgan fingerprint density at radius 2 is 2.00 bits per heavy atom. The molecular weight excluding hydrogens is 254 g/mol. The lowest BCUT2D eigenvalue weighted by Gasteiger charge is -2.19. The second-order valence-corrected chi connectivity index (χ2v) is 5.89. The molecule has 0 amide bonds. The largest absolute Gasteiger partial charge is 0.496 e. The Labute approximate surface area is 122 Å². The van der Waals surface area contributed by atoms with Crippen LogP contribution in [-0.4, -0.2) is 31.2 Å². The van der Waals surface area contributed by atoms with Crippen LogP contribution in [-0.2, 0) is 6.42 Å². The van der Waals surface area contributed by atoms with E-state index in [1.54, 1.807) is 7.11 Å². The maximum atomic E-state index is 5.44. The summed E-state index contributed by atoms with van der Waals surface area (Å²) in [5, 5.41) is 3.65. The van der Waals surface area contributed by atoms with Crippen LogP contribution in [0.3, 0.4) is 0 Å². The Bertz CT molecular complexity index is 343. The van der Waals surface area contributed by atoms with Crippen molar-refractivity contribution >= 4 is 11.8 Å². The molecule has 1 aromatic carbocycles. The minimum Gasteiger partial charge on any atom is -0.496 e. The molecule has 1 N–H and O–H groups in total. The molecule has 0 aliphatic rings. The maximum absolute atomic E-state index is 5.44. The van der Waals surface area contributed by atoms with Crippen molar-refractivity contribution < 1.29 is 4.74 Å². The highest BCUT2D eigenvalue weighted by Gasteiger charge is 2.11. The average molecular weight is 281 g/mol. The summed E-state index contributed by atoms with van der Waals surface area (Å²) in [6, 6.07) is 8.87. The Morgan fingerprint density at radius 1 is 1.21 bits per heavy atom. The first-order valence-corrected chi connectivity index (χ1v) is 8.40. The van der Waals surface area contributed by atoms with Gasteiger partial charge in [-0.3, -0.25) is 0 Å². The first kappa shape index (κ1) is 16.4. The standard InChI is InChI=1S/C16H27NOS/c1-4-10-17-15(13-19-11-5-2)12-14-8-6-7-9-16(14)18-3/h6-9,15,17H,4-5,10-13H2,1-3H3. The third-order valence-corrected chi connectivity index (χ3v) is 4.34. The molecule has 1 aromatic rings. The third-order valence-electron chi connectivity index (χ3n) is 3.01. The highest BCUT2D eigenvalue weighted by molar-refractivity contribution is 7.99. The van der Waals surface area contributed by atoms with E-state index in [9.17, 15) is 0 Å². The van der Waals surface area contributed by atoms with Crippen LogP contribution in [0.2, 0.25) is 0 Å². The van der Waals surface area contributed by atoms with Gasteiger partial charge in [0.05, 0.1) is 7.11 Å². The second kappa shape index (κ2) is 10.2. The number of rotatable bonds is 10. The highest BCUT2D eigenvalue weighted by Crippen LogP contribution is 2.20. The SMILES string of the molecule is CCCNC(CSCCC)Cc1ccccc1OC. The molecule has 0 aliphatic carbocycles. The van der Waals surface area contributed by atoms with E-state index in [1.807, 2.05) is 23.9 Å². The van der Waals surface area contributed by atoms with Crippen LogP contribution in [0.1, 0.15) is 32.3 Å². The summed E-state index contributed by atoms with van der Waals surface area (Å²) < 4.78 is 5.44. The summed E-state index contributed by atoms with van der Waals surface area (Å²) in [5.74, 6) is 3.42. The molecule has 0 aliphatic heterocycles. The molecule has 0 saturated carbocycles. The number of thioether (sulfide) groups is 1. The Kier molecular flexibility index (Phi) is 8.76. The van der Waals surface area contributed by atoms with E-state index < -0.39 is 0 Å². The van der Waals surface area contributed by atoms with Crippen molar-refractivity contribution in [3.63, 3.8) is 0 Å². The summed E-state index contributed by atoms with van der Waals surface area (Å²) >= 11 is 2.04. The van der Waals surface area contributed by atoms with E-state index in [1.165, 1.54) is 29.9 Å². The molecule has 0 saturated heterocycles. The number of hydrogen-bond acceptors (Lipinski definition) is 3. The molecule has 0 bridgehead atoms. The van der Waals surface area contributed by atoms with Gasteiger partial charge in [-0.05, 0) is 43.2 Å². The first-order chi connectivity index (χ1) is 9.31. The number of benzene rings is 1. The van der Waals surface area contributed by atoms with Crippen molar-refractivity contribution in [2.45, 2.75) is 39.2 Å². The summed E-state index contributed by atoms with van der Waals surface area (Å²) in [4.78, 5) is 0. The zero-order valence-electron chi connectivity index (χ0n) is 12.4. The van der Waals surface area contributed by atoms with E-state index in [0.29, 0.717) is 6.04 Å². The Hall–Kier alpha value is -0.670. The predicted octanol–water partition coefficient (Wildman–Crippen LogP) is 3.75. The van der Waals surface area contributed by atoms with Crippen LogP contribution in [0.25, 0.3) is 0 Å². The van der Waals surface area contributed by atoms with Gasteiger partial charge in [0.15, 0.2) is 0 Å². The first-order valence-electron chi connectivity index (χ1n) is 7.24. The van der Waals surface area contributed by atoms with Crippen LogP contribution in [0.4, 0.5) is 0 Å². The van der Waals surface area contributed by atoms with Crippen molar-refractivity contribution in [1.82, 2.24) is 5.32 Å². The molecule has 108 valence electrons. The lowest BCUT2D eigenvalue weighted by molar-refractivity contribution is 0.406. The normalized spacial score (nSPS) is 12.4. The number of methoxy groups -OCH3 is 1. The molecule has 0 radical (unpaired) electrons.